The van der Waals surface area contributed by atoms with Crippen molar-refractivity contribution in [2.75, 3.05) is 25.7 Å². The van der Waals surface area contributed by atoms with E-state index in [9.17, 15) is 4.79 Å². The first-order valence-corrected chi connectivity index (χ1v) is 8.48. The Balaban J connectivity index is 1.81. The summed E-state index contributed by atoms with van der Waals surface area (Å²) in [5.41, 5.74) is 2.70. The molecule has 128 valence electrons. The molecule has 2 aliphatic heterocycles. The van der Waals surface area contributed by atoms with Crippen LogP contribution in [0.5, 0.6) is 5.75 Å². The van der Waals surface area contributed by atoms with Crippen LogP contribution in [0, 0.1) is 5.92 Å². The zero-order valence-corrected chi connectivity index (χ0v) is 14.8. The van der Waals surface area contributed by atoms with Crippen molar-refractivity contribution in [3.63, 3.8) is 0 Å². The number of carbonyl (C=O) groups excluding carboxylic acids is 1. The third kappa shape index (κ3) is 2.55. The van der Waals surface area contributed by atoms with Crippen LogP contribution in [0.3, 0.4) is 0 Å². The van der Waals surface area contributed by atoms with Gasteiger partial charge in [-0.05, 0) is 29.8 Å². The molecule has 1 fully saturated rings. The van der Waals surface area contributed by atoms with Crippen molar-refractivity contribution in [3.8, 4) is 5.75 Å². The van der Waals surface area contributed by atoms with Crippen molar-refractivity contribution < 1.29 is 9.53 Å². The molecule has 1 saturated heterocycles. The summed E-state index contributed by atoms with van der Waals surface area (Å²) in [6, 6.07) is 15.1. The Morgan fingerprint density at radius 2 is 1.88 bits per heavy atom. The zero-order chi connectivity index (χ0) is 17.6. The Bertz CT molecular complexity index is 850. The quantitative estimate of drug-likeness (QED) is 0.848. The fourth-order valence-electron chi connectivity index (χ4n) is 3.53. The smallest absolute Gasteiger partial charge is 0.234 e. The molecule has 5 nitrogen and oxygen atoms in total. The van der Waals surface area contributed by atoms with Gasteiger partial charge in [0.25, 0.3) is 0 Å². The van der Waals surface area contributed by atoms with Crippen molar-refractivity contribution in [2.24, 2.45) is 11.0 Å². The normalized spacial score (nSPS) is 22.2. The number of hydrogen-bond donors (Lipinski definition) is 0. The van der Waals surface area contributed by atoms with E-state index in [2.05, 4.69) is 0 Å². The van der Waals surface area contributed by atoms with Crippen LogP contribution in [0.25, 0.3) is 0 Å². The number of ether oxygens (including phenoxy) is 1. The van der Waals surface area contributed by atoms with Gasteiger partial charge < -0.3 is 9.64 Å². The van der Waals surface area contributed by atoms with E-state index in [0.717, 1.165) is 22.7 Å². The van der Waals surface area contributed by atoms with E-state index in [1.165, 1.54) is 0 Å². The van der Waals surface area contributed by atoms with Gasteiger partial charge in [-0.25, -0.2) is 0 Å². The van der Waals surface area contributed by atoms with Crippen LogP contribution in [-0.4, -0.2) is 37.2 Å². The number of methoxy groups -OCH3 is 1. The lowest BCUT2D eigenvalue weighted by molar-refractivity contribution is -0.129. The maximum absolute atomic E-state index is 12.7. The molecule has 2 atom stereocenters. The number of halogens is 1. The number of hydrogen-bond acceptors (Lipinski definition) is 4. The number of hydrazone groups is 1. The number of benzene rings is 2. The van der Waals surface area contributed by atoms with Crippen LogP contribution in [-0.2, 0) is 4.79 Å². The van der Waals surface area contributed by atoms with Gasteiger partial charge in [-0.3, -0.25) is 9.80 Å². The second-order valence-corrected chi connectivity index (χ2v) is 6.68. The number of carbonyl (C=O) groups is 1. The van der Waals surface area contributed by atoms with Crippen molar-refractivity contribution in [2.45, 2.75) is 6.04 Å². The summed E-state index contributed by atoms with van der Waals surface area (Å²) >= 11 is 6.40. The fraction of sp³-hybridized carbons (Fsp3) is 0.263. The maximum atomic E-state index is 12.7. The van der Waals surface area contributed by atoms with Gasteiger partial charge in [-0.1, -0.05) is 35.9 Å². The number of fused-ring (bicyclic) bond motifs is 1. The zero-order valence-electron chi connectivity index (χ0n) is 14.0. The number of rotatable bonds is 3. The number of likely N-dealkylation sites (tertiary alicyclic amines) is 1. The first-order valence-electron chi connectivity index (χ1n) is 8.10. The van der Waals surface area contributed by atoms with E-state index in [1.807, 2.05) is 60.6 Å². The van der Waals surface area contributed by atoms with Gasteiger partial charge in [0, 0.05) is 7.05 Å². The van der Waals surface area contributed by atoms with Gasteiger partial charge in [-0.2, -0.15) is 5.10 Å². The second kappa shape index (κ2) is 6.08. The molecule has 2 unspecified atom stereocenters. The Hall–Kier alpha value is -2.53. The highest BCUT2D eigenvalue weighted by Gasteiger charge is 2.49. The number of nitrogens with zero attached hydrogens (tertiary/aromatic N) is 3. The highest BCUT2D eigenvalue weighted by Crippen LogP contribution is 2.44. The lowest BCUT2D eigenvalue weighted by Gasteiger charge is -2.28. The van der Waals surface area contributed by atoms with Crippen LogP contribution in [0.2, 0.25) is 5.02 Å². The van der Waals surface area contributed by atoms with Crippen LogP contribution in [0.1, 0.15) is 11.6 Å². The molecule has 2 aromatic carbocycles. The van der Waals surface area contributed by atoms with Gasteiger partial charge in [0.05, 0.1) is 36.1 Å². The summed E-state index contributed by atoms with van der Waals surface area (Å²) in [6.07, 6.45) is 0. The SMILES string of the molecule is COc1ccc(C2C3C(=O)N(C)CC3=NN2c2ccccc2Cl)cc1. The summed E-state index contributed by atoms with van der Waals surface area (Å²) in [5, 5.41) is 7.25. The van der Waals surface area contributed by atoms with E-state index < -0.39 is 0 Å². The van der Waals surface area contributed by atoms with Gasteiger partial charge in [0.2, 0.25) is 5.91 Å². The molecule has 0 N–H and O–H groups in total. The van der Waals surface area contributed by atoms with Gasteiger partial charge in [0.1, 0.15) is 11.7 Å². The van der Waals surface area contributed by atoms with Crippen LogP contribution in [0.15, 0.2) is 53.6 Å². The Morgan fingerprint density at radius 3 is 2.56 bits per heavy atom. The molecule has 0 aliphatic carbocycles. The molecule has 2 aliphatic rings. The number of amides is 1. The minimum atomic E-state index is -0.283. The molecule has 25 heavy (non-hydrogen) atoms. The van der Waals surface area contributed by atoms with E-state index in [0.29, 0.717) is 11.6 Å². The average Bonchev–Trinajstić information content (AvgIpc) is 3.12. The lowest BCUT2D eigenvalue weighted by atomic mass is 9.91. The molecule has 0 radical (unpaired) electrons. The topological polar surface area (TPSA) is 45.1 Å². The first-order chi connectivity index (χ1) is 12.1. The van der Waals surface area contributed by atoms with Crippen LogP contribution >= 0.6 is 11.6 Å². The molecule has 0 spiro atoms. The highest BCUT2D eigenvalue weighted by atomic mass is 35.5. The van der Waals surface area contributed by atoms with Crippen molar-refractivity contribution in [3.05, 3.63) is 59.1 Å². The molecule has 2 aromatic rings. The minimum Gasteiger partial charge on any atom is -0.497 e. The standard InChI is InChI=1S/C19H18ClN3O2/c1-22-11-15-17(19(22)24)18(12-7-9-13(25-2)10-8-12)23(21-15)16-6-4-3-5-14(16)20/h3-10,17-18H,11H2,1-2H3. The monoisotopic (exact) mass is 355 g/mol. The molecule has 2 heterocycles. The van der Waals surface area contributed by atoms with Gasteiger partial charge >= 0.3 is 0 Å². The minimum absolute atomic E-state index is 0.0918. The first kappa shape index (κ1) is 16.0. The number of para-hydroxylation sites is 1. The largest absolute Gasteiger partial charge is 0.497 e. The maximum Gasteiger partial charge on any atom is 0.234 e. The summed E-state index contributed by atoms with van der Waals surface area (Å²) in [7, 11) is 3.45. The summed E-state index contributed by atoms with van der Waals surface area (Å²) in [5.74, 6) is 0.589. The second-order valence-electron chi connectivity index (χ2n) is 6.28. The van der Waals surface area contributed by atoms with E-state index in [-0.39, 0.29) is 17.9 Å². The molecule has 1 amide bonds. The van der Waals surface area contributed by atoms with Crippen molar-refractivity contribution in [1.29, 1.82) is 0 Å². The highest BCUT2D eigenvalue weighted by molar-refractivity contribution is 6.33. The number of anilines is 1. The summed E-state index contributed by atoms with van der Waals surface area (Å²) in [6.45, 7) is 0.553. The van der Waals surface area contributed by atoms with Crippen molar-refractivity contribution >= 4 is 28.9 Å². The molecule has 0 bridgehead atoms. The fourth-order valence-corrected chi connectivity index (χ4v) is 3.75. The van der Waals surface area contributed by atoms with E-state index in [4.69, 9.17) is 21.4 Å². The Kier molecular flexibility index (Phi) is 3.88. The lowest BCUT2D eigenvalue weighted by Crippen LogP contribution is -2.32. The Labute approximate surface area is 151 Å². The third-order valence-corrected chi connectivity index (χ3v) is 5.09. The van der Waals surface area contributed by atoms with E-state index in [1.54, 1.807) is 12.0 Å². The predicted octanol–water partition coefficient (Wildman–Crippen LogP) is 3.35. The molecule has 6 heteroatoms. The van der Waals surface area contributed by atoms with Crippen LogP contribution in [0.4, 0.5) is 5.69 Å². The van der Waals surface area contributed by atoms with Gasteiger partial charge in [-0.15, -0.1) is 0 Å². The predicted molar refractivity (Wildman–Crippen MR) is 98.2 cm³/mol. The third-order valence-electron chi connectivity index (χ3n) is 4.77. The van der Waals surface area contributed by atoms with Crippen molar-refractivity contribution in [1.82, 2.24) is 4.90 Å². The molecule has 4 rings (SSSR count). The van der Waals surface area contributed by atoms with Gasteiger partial charge in [0.15, 0.2) is 0 Å². The average molecular weight is 356 g/mol. The summed E-state index contributed by atoms with van der Waals surface area (Å²) < 4.78 is 5.25. The molecule has 0 saturated carbocycles. The molecular weight excluding hydrogens is 338 g/mol. The Morgan fingerprint density at radius 1 is 1.16 bits per heavy atom. The van der Waals surface area contributed by atoms with E-state index >= 15 is 0 Å². The molecule has 0 aromatic heterocycles. The molecular formula is C19H18ClN3O2. The summed E-state index contributed by atoms with van der Waals surface area (Å²) in [4.78, 5) is 14.4. The van der Waals surface area contributed by atoms with Crippen LogP contribution < -0.4 is 9.75 Å².